The first kappa shape index (κ1) is 24.7. The van der Waals surface area contributed by atoms with Crippen LogP contribution in [0.15, 0.2) is 86.0 Å². The number of ether oxygens (including phenoxy) is 1. The second-order valence-corrected chi connectivity index (χ2v) is 14.3. The zero-order valence-corrected chi connectivity index (χ0v) is 21.3. The molecule has 0 aliphatic carbocycles. The lowest BCUT2D eigenvalue weighted by Crippen LogP contribution is -2.68. The third-order valence-corrected chi connectivity index (χ3v) is 11.9. The second-order valence-electron chi connectivity index (χ2n) is 10.0. The Morgan fingerprint density at radius 3 is 1.75 bits per heavy atom. The van der Waals surface area contributed by atoms with Gasteiger partial charge in [-0.2, -0.15) is 0 Å². The van der Waals surface area contributed by atoms with Crippen LogP contribution in [-0.4, -0.2) is 26.6 Å². The molecule has 1 saturated heterocycles. The van der Waals surface area contributed by atoms with Gasteiger partial charge in [0.15, 0.2) is 0 Å². The van der Waals surface area contributed by atoms with Gasteiger partial charge in [-0.1, -0.05) is 101 Å². The van der Waals surface area contributed by atoms with E-state index < -0.39 is 8.32 Å². The Kier molecular flexibility index (Phi) is 8.32. The van der Waals surface area contributed by atoms with Crippen LogP contribution < -0.4 is 10.4 Å². The van der Waals surface area contributed by atoms with E-state index in [-0.39, 0.29) is 23.4 Å². The number of benzene rings is 2. The van der Waals surface area contributed by atoms with Crippen LogP contribution in [0.2, 0.25) is 5.04 Å². The van der Waals surface area contributed by atoms with E-state index in [1.165, 1.54) is 10.4 Å². The van der Waals surface area contributed by atoms with Crippen molar-refractivity contribution in [1.29, 1.82) is 0 Å². The van der Waals surface area contributed by atoms with Gasteiger partial charge in [-0.05, 0) is 41.1 Å². The molecule has 4 atom stereocenters. The topological polar surface area (TPSA) is 18.5 Å². The van der Waals surface area contributed by atoms with E-state index in [4.69, 9.17) is 9.16 Å². The van der Waals surface area contributed by atoms with Crippen LogP contribution in [0.3, 0.4) is 0 Å². The maximum absolute atomic E-state index is 7.52. The second kappa shape index (κ2) is 10.8. The molecule has 2 nitrogen and oxygen atoms in total. The highest BCUT2D eigenvalue weighted by atomic mass is 28.4. The third kappa shape index (κ3) is 5.01. The lowest BCUT2D eigenvalue weighted by atomic mass is 9.94. The van der Waals surface area contributed by atoms with Crippen LogP contribution in [-0.2, 0) is 9.16 Å². The van der Waals surface area contributed by atoms with E-state index in [0.717, 1.165) is 25.7 Å². The predicted molar refractivity (Wildman–Crippen MR) is 139 cm³/mol. The maximum atomic E-state index is 7.52. The highest BCUT2D eigenvalue weighted by molar-refractivity contribution is 6.99. The summed E-state index contributed by atoms with van der Waals surface area (Å²) in [4.78, 5) is 0. The third-order valence-electron chi connectivity index (χ3n) is 6.86. The molecule has 172 valence electrons. The molecule has 2 aromatic rings. The standard InChI is InChI=1S/C29H40O2Si/c1-7-9-21-26-23(3)28(27(30-26)22-10-8-2)31-32(29(4,5)6,24-17-13-11-14-18-24)25-19-15-12-16-20-25/h7-8,11-20,23,26-28H,1-2,9-10,21-22H2,3-6H3/t23-,26-,27+,28-/m0/s1. The van der Waals surface area contributed by atoms with Gasteiger partial charge in [0.05, 0.1) is 18.3 Å². The van der Waals surface area contributed by atoms with Crippen LogP contribution in [0, 0.1) is 5.92 Å². The summed E-state index contributed by atoms with van der Waals surface area (Å²) in [6, 6.07) is 21.8. The highest BCUT2D eigenvalue weighted by Crippen LogP contribution is 2.42. The average molecular weight is 449 g/mol. The smallest absolute Gasteiger partial charge is 0.261 e. The first-order valence-corrected chi connectivity index (χ1v) is 13.9. The summed E-state index contributed by atoms with van der Waals surface area (Å²) in [6.45, 7) is 17.2. The summed E-state index contributed by atoms with van der Waals surface area (Å²) in [7, 11) is -2.62. The van der Waals surface area contributed by atoms with E-state index in [1.54, 1.807) is 0 Å². The maximum Gasteiger partial charge on any atom is 0.261 e. The van der Waals surface area contributed by atoms with Crippen molar-refractivity contribution in [2.45, 2.75) is 76.7 Å². The van der Waals surface area contributed by atoms with E-state index in [1.807, 2.05) is 12.2 Å². The van der Waals surface area contributed by atoms with Gasteiger partial charge in [-0.25, -0.2) is 0 Å². The van der Waals surface area contributed by atoms with Gasteiger partial charge in [-0.3, -0.25) is 0 Å². The average Bonchev–Trinajstić information content (AvgIpc) is 3.09. The summed E-state index contributed by atoms with van der Waals surface area (Å²) >= 11 is 0. The van der Waals surface area contributed by atoms with E-state index >= 15 is 0 Å². The Hall–Kier alpha value is -1.94. The van der Waals surface area contributed by atoms with Gasteiger partial charge in [0.1, 0.15) is 0 Å². The van der Waals surface area contributed by atoms with Crippen LogP contribution in [0.4, 0.5) is 0 Å². The molecular weight excluding hydrogens is 408 g/mol. The SMILES string of the molecule is C=CCC[C@@H]1O[C@H](CCC=C)[C@@H](O[Si](c2ccccc2)(c2ccccc2)C(C)(C)C)[C@H]1C. The molecule has 0 spiro atoms. The van der Waals surface area contributed by atoms with Gasteiger partial charge >= 0.3 is 0 Å². The largest absolute Gasteiger partial charge is 0.401 e. The molecule has 0 N–H and O–H groups in total. The molecule has 1 fully saturated rings. The Morgan fingerprint density at radius 2 is 1.31 bits per heavy atom. The fourth-order valence-corrected chi connectivity index (χ4v) is 9.97. The van der Waals surface area contributed by atoms with Gasteiger partial charge in [0.2, 0.25) is 0 Å². The zero-order chi connectivity index (χ0) is 23.2. The van der Waals surface area contributed by atoms with Gasteiger partial charge in [0, 0.05) is 5.92 Å². The molecule has 0 amide bonds. The first-order valence-electron chi connectivity index (χ1n) is 12.0. The number of hydrogen-bond donors (Lipinski definition) is 0. The Bertz CT molecular complexity index is 816. The quantitative estimate of drug-likeness (QED) is 0.315. The normalized spacial score (nSPS) is 23.8. The molecule has 0 bridgehead atoms. The Morgan fingerprint density at radius 1 is 0.844 bits per heavy atom. The van der Waals surface area contributed by atoms with Crippen molar-refractivity contribution >= 4 is 18.7 Å². The van der Waals surface area contributed by atoms with Crippen LogP contribution in [0.1, 0.15) is 53.4 Å². The van der Waals surface area contributed by atoms with Crippen molar-refractivity contribution in [1.82, 2.24) is 0 Å². The van der Waals surface area contributed by atoms with Crippen LogP contribution >= 0.6 is 0 Å². The lowest BCUT2D eigenvalue weighted by molar-refractivity contribution is 0.00749. The molecule has 1 aliphatic heterocycles. The van der Waals surface area contributed by atoms with Crippen LogP contribution in [0.5, 0.6) is 0 Å². The predicted octanol–water partition coefficient (Wildman–Crippen LogP) is 6.27. The molecule has 3 rings (SSSR count). The minimum absolute atomic E-state index is 0.0440. The fraction of sp³-hybridized carbons (Fsp3) is 0.448. The van der Waals surface area contributed by atoms with Gasteiger partial charge in [-0.15, -0.1) is 13.2 Å². The van der Waals surface area contributed by atoms with Crippen molar-refractivity contribution in [3.8, 4) is 0 Å². The van der Waals surface area contributed by atoms with E-state index in [9.17, 15) is 0 Å². The summed E-state index contributed by atoms with van der Waals surface area (Å²) in [6.07, 6.45) is 8.16. The number of rotatable bonds is 10. The monoisotopic (exact) mass is 448 g/mol. The summed E-state index contributed by atoms with van der Waals surface area (Å²) in [5.41, 5.74) is 0. The number of allylic oxidation sites excluding steroid dienone is 2. The molecule has 0 radical (unpaired) electrons. The molecule has 0 saturated carbocycles. The molecule has 32 heavy (non-hydrogen) atoms. The molecule has 1 aliphatic rings. The van der Waals surface area contributed by atoms with Crippen LogP contribution in [0.25, 0.3) is 0 Å². The molecule has 1 heterocycles. The molecule has 2 aromatic carbocycles. The Balaban J connectivity index is 2.10. The van der Waals surface area contributed by atoms with Crippen molar-refractivity contribution in [3.63, 3.8) is 0 Å². The summed E-state index contributed by atoms with van der Waals surface area (Å²) in [5, 5.41) is 2.60. The minimum atomic E-state index is -2.62. The summed E-state index contributed by atoms with van der Waals surface area (Å²) in [5.74, 6) is 0.325. The fourth-order valence-electron chi connectivity index (χ4n) is 5.18. The minimum Gasteiger partial charge on any atom is -0.401 e. The zero-order valence-electron chi connectivity index (χ0n) is 20.3. The van der Waals surface area contributed by atoms with E-state index in [0.29, 0.717) is 5.92 Å². The van der Waals surface area contributed by atoms with E-state index in [2.05, 4.69) is 102 Å². The molecular formula is C29H40O2Si. The molecule has 0 aromatic heterocycles. The molecule has 3 heteroatoms. The molecule has 0 unspecified atom stereocenters. The highest BCUT2D eigenvalue weighted by Gasteiger charge is 2.54. The van der Waals surface area contributed by atoms with Crippen molar-refractivity contribution in [3.05, 3.63) is 86.0 Å². The van der Waals surface area contributed by atoms with Gasteiger partial charge in [0.25, 0.3) is 8.32 Å². The van der Waals surface area contributed by atoms with Crippen molar-refractivity contribution < 1.29 is 9.16 Å². The summed E-state index contributed by atoms with van der Waals surface area (Å²) < 4.78 is 14.1. The van der Waals surface area contributed by atoms with Crippen molar-refractivity contribution in [2.24, 2.45) is 5.92 Å². The van der Waals surface area contributed by atoms with Gasteiger partial charge < -0.3 is 9.16 Å². The van der Waals surface area contributed by atoms with Crippen molar-refractivity contribution in [2.75, 3.05) is 0 Å². The number of hydrogen-bond acceptors (Lipinski definition) is 2. The Labute approximate surface area is 196 Å². The lowest BCUT2D eigenvalue weighted by Gasteiger charge is -2.46. The first-order chi connectivity index (χ1) is 15.3.